The Hall–Kier alpha value is -2.39. The summed E-state index contributed by atoms with van der Waals surface area (Å²) in [5.41, 5.74) is 0.292. The molecule has 0 aliphatic carbocycles. The predicted octanol–water partition coefficient (Wildman–Crippen LogP) is 2.36. The van der Waals surface area contributed by atoms with E-state index in [1.807, 2.05) is 0 Å². The maximum atomic E-state index is 13.2. The highest BCUT2D eigenvalue weighted by atomic mass is 32.2. The summed E-state index contributed by atoms with van der Waals surface area (Å²) in [6.07, 6.45) is 0. The Morgan fingerprint density at radius 2 is 1.67 bits per heavy atom. The third-order valence-electron chi connectivity index (χ3n) is 3.09. The largest absolute Gasteiger partial charge is 0.325 e. The summed E-state index contributed by atoms with van der Waals surface area (Å²) < 4.78 is 64.0. The van der Waals surface area contributed by atoms with E-state index in [-0.39, 0.29) is 0 Å². The van der Waals surface area contributed by atoms with Gasteiger partial charge in [0.05, 0.1) is 11.4 Å². The lowest BCUT2D eigenvalue weighted by Crippen LogP contribution is -2.35. The molecule has 0 aromatic heterocycles. The van der Waals surface area contributed by atoms with Gasteiger partial charge in [0, 0.05) is 12.7 Å². The van der Waals surface area contributed by atoms with Crippen LogP contribution in [0.1, 0.15) is 0 Å². The molecule has 0 spiro atoms. The second-order valence-electron chi connectivity index (χ2n) is 4.89. The molecule has 24 heavy (non-hydrogen) atoms. The Morgan fingerprint density at radius 3 is 2.25 bits per heavy atom. The summed E-state index contributed by atoms with van der Waals surface area (Å²) in [4.78, 5) is 11.4. The summed E-state index contributed by atoms with van der Waals surface area (Å²) in [7, 11) is -3.04. The number of amides is 1. The van der Waals surface area contributed by atoms with E-state index in [0.717, 1.165) is 25.2 Å². The van der Waals surface area contributed by atoms with Crippen molar-refractivity contribution in [3.8, 4) is 0 Å². The number of hydrogen-bond acceptors (Lipinski definition) is 3. The van der Waals surface area contributed by atoms with Gasteiger partial charge in [0.1, 0.15) is 5.82 Å². The number of nitrogens with zero attached hydrogens (tertiary/aromatic N) is 1. The average Bonchev–Trinajstić information content (AvgIpc) is 2.52. The quantitative estimate of drug-likeness (QED) is 0.892. The van der Waals surface area contributed by atoms with Crippen LogP contribution in [0, 0.1) is 17.5 Å². The number of benzene rings is 2. The van der Waals surface area contributed by atoms with Crippen molar-refractivity contribution in [2.24, 2.45) is 0 Å². The van der Waals surface area contributed by atoms with Crippen LogP contribution in [0.5, 0.6) is 0 Å². The lowest BCUT2D eigenvalue weighted by molar-refractivity contribution is -0.116. The second kappa shape index (κ2) is 7.02. The van der Waals surface area contributed by atoms with Gasteiger partial charge in [-0.05, 0) is 42.5 Å². The highest BCUT2D eigenvalue weighted by molar-refractivity contribution is 7.89. The van der Waals surface area contributed by atoms with Gasteiger partial charge in [-0.25, -0.2) is 21.6 Å². The predicted molar refractivity (Wildman–Crippen MR) is 81.2 cm³/mol. The first-order chi connectivity index (χ1) is 11.2. The van der Waals surface area contributed by atoms with Crippen molar-refractivity contribution in [1.82, 2.24) is 4.31 Å². The van der Waals surface area contributed by atoms with E-state index in [9.17, 15) is 26.4 Å². The van der Waals surface area contributed by atoms with E-state index in [2.05, 4.69) is 5.32 Å². The molecule has 1 amide bonds. The summed E-state index contributed by atoms with van der Waals surface area (Å²) >= 11 is 0. The number of carbonyl (C=O) groups excluding carboxylic acids is 1. The Morgan fingerprint density at radius 1 is 1.04 bits per heavy atom. The van der Waals surface area contributed by atoms with Crippen LogP contribution in [0.3, 0.4) is 0 Å². The topological polar surface area (TPSA) is 66.5 Å². The minimum Gasteiger partial charge on any atom is -0.325 e. The number of sulfonamides is 1. The molecule has 9 heteroatoms. The van der Waals surface area contributed by atoms with Crippen LogP contribution in [0.2, 0.25) is 0 Å². The van der Waals surface area contributed by atoms with Crippen molar-refractivity contribution in [3.05, 3.63) is 59.9 Å². The number of likely N-dealkylation sites (N-methyl/N-ethyl adjacent to an activating group) is 1. The van der Waals surface area contributed by atoms with Crippen LogP contribution in [-0.4, -0.2) is 32.2 Å². The zero-order valence-corrected chi connectivity index (χ0v) is 13.3. The van der Waals surface area contributed by atoms with Gasteiger partial charge in [-0.2, -0.15) is 4.31 Å². The van der Waals surface area contributed by atoms with Gasteiger partial charge in [0.25, 0.3) is 0 Å². The minimum atomic E-state index is -4.17. The standard InChI is InChI=1S/C15H13F3N2O3S/c1-20(9-15(21)19-11-4-2-10(16)3-5-11)24(22,23)12-6-7-13(17)14(18)8-12/h2-8H,9H2,1H3,(H,19,21). The summed E-state index contributed by atoms with van der Waals surface area (Å²) in [6.45, 7) is -0.557. The highest BCUT2D eigenvalue weighted by Crippen LogP contribution is 2.17. The molecular weight excluding hydrogens is 345 g/mol. The normalized spacial score (nSPS) is 11.5. The van der Waals surface area contributed by atoms with Crippen LogP contribution in [0.25, 0.3) is 0 Å². The molecule has 0 bridgehead atoms. The molecular formula is C15H13F3N2O3S. The maximum Gasteiger partial charge on any atom is 0.243 e. The molecule has 0 radical (unpaired) electrons. The third kappa shape index (κ3) is 4.12. The molecule has 0 aliphatic rings. The van der Waals surface area contributed by atoms with Gasteiger partial charge in [0.15, 0.2) is 11.6 Å². The number of rotatable bonds is 5. The first-order valence-electron chi connectivity index (χ1n) is 6.67. The van der Waals surface area contributed by atoms with Crippen LogP contribution in [0.15, 0.2) is 47.4 Å². The molecule has 0 unspecified atom stereocenters. The highest BCUT2D eigenvalue weighted by Gasteiger charge is 2.24. The fraction of sp³-hybridized carbons (Fsp3) is 0.133. The minimum absolute atomic E-state index is 0.292. The second-order valence-corrected chi connectivity index (χ2v) is 6.94. The first-order valence-corrected chi connectivity index (χ1v) is 8.11. The number of hydrogen-bond donors (Lipinski definition) is 1. The molecule has 128 valence electrons. The smallest absolute Gasteiger partial charge is 0.243 e. The molecule has 0 fully saturated rings. The van der Waals surface area contributed by atoms with Crippen molar-refractivity contribution in [3.63, 3.8) is 0 Å². The summed E-state index contributed by atoms with van der Waals surface area (Å²) in [6, 6.07) is 7.04. The van der Waals surface area contributed by atoms with Crippen molar-refractivity contribution in [1.29, 1.82) is 0 Å². The summed E-state index contributed by atoms with van der Waals surface area (Å²) in [5, 5.41) is 2.40. The maximum absolute atomic E-state index is 13.2. The van der Waals surface area contributed by atoms with E-state index < -0.39 is 44.8 Å². The molecule has 5 nitrogen and oxygen atoms in total. The molecule has 2 aromatic carbocycles. The van der Waals surface area contributed by atoms with Crippen molar-refractivity contribution >= 4 is 21.6 Å². The van der Waals surface area contributed by atoms with Gasteiger partial charge < -0.3 is 5.32 Å². The van der Waals surface area contributed by atoms with Gasteiger partial charge in [-0.3, -0.25) is 4.79 Å². The van der Waals surface area contributed by atoms with Crippen molar-refractivity contribution < 1.29 is 26.4 Å². The Kier molecular flexibility index (Phi) is 5.25. The molecule has 2 aromatic rings. The Labute approximate surface area is 136 Å². The zero-order valence-electron chi connectivity index (χ0n) is 12.5. The van der Waals surface area contributed by atoms with E-state index in [1.165, 1.54) is 12.1 Å². The van der Waals surface area contributed by atoms with E-state index in [0.29, 0.717) is 22.1 Å². The van der Waals surface area contributed by atoms with Crippen LogP contribution in [-0.2, 0) is 14.8 Å². The molecule has 2 rings (SSSR count). The van der Waals surface area contributed by atoms with Crippen molar-refractivity contribution in [2.75, 3.05) is 18.9 Å². The Balaban J connectivity index is 2.09. The molecule has 0 aliphatic heterocycles. The number of anilines is 1. The monoisotopic (exact) mass is 358 g/mol. The molecule has 0 heterocycles. The van der Waals surface area contributed by atoms with Crippen LogP contribution >= 0.6 is 0 Å². The lowest BCUT2D eigenvalue weighted by atomic mass is 10.3. The van der Waals surface area contributed by atoms with E-state index in [1.54, 1.807) is 0 Å². The van der Waals surface area contributed by atoms with Crippen LogP contribution in [0.4, 0.5) is 18.9 Å². The van der Waals surface area contributed by atoms with Crippen molar-refractivity contribution in [2.45, 2.75) is 4.90 Å². The van der Waals surface area contributed by atoms with E-state index in [4.69, 9.17) is 0 Å². The van der Waals surface area contributed by atoms with E-state index >= 15 is 0 Å². The molecule has 1 N–H and O–H groups in total. The fourth-order valence-electron chi connectivity index (χ4n) is 1.84. The average molecular weight is 358 g/mol. The zero-order chi connectivity index (χ0) is 17.9. The van der Waals surface area contributed by atoms with Gasteiger partial charge in [-0.15, -0.1) is 0 Å². The summed E-state index contributed by atoms with van der Waals surface area (Å²) in [5.74, 6) is -3.63. The van der Waals surface area contributed by atoms with Gasteiger partial charge >= 0.3 is 0 Å². The third-order valence-corrected chi connectivity index (χ3v) is 4.89. The molecule has 0 saturated heterocycles. The van der Waals surface area contributed by atoms with Crippen LogP contribution < -0.4 is 5.32 Å². The van der Waals surface area contributed by atoms with Gasteiger partial charge in [-0.1, -0.05) is 0 Å². The van der Waals surface area contributed by atoms with Gasteiger partial charge in [0.2, 0.25) is 15.9 Å². The Bertz CT molecular complexity index is 855. The molecule has 0 saturated carbocycles. The number of halogens is 3. The lowest BCUT2D eigenvalue weighted by Gasteiger charge is -2.17. The fourth-order valence-corrected chi connectivity index (χ4v) is 2.98. The molecule has 0 atom stereocenters. The first kappa shape index (κ1) is 18.0. The SMILES string of the molecule is CN(CC(=O)Nc1ccc(F)cc1)S(=O)(=O)c1ccc(F)c(F)c1. The number of carbonyl (C=O) groups is 1. The number of nitrogens with one attached hydrogen (secondary N) is 1.